The largest absolute Gasteiger partial charge is 0.342 e. The highest BCUT2D eigenvalue weighted by Gasteiger charge is 2.30. The van der Waals surface area contributed by atoms with Gasteiger partial charge >= 0.3 is 0 Å². The number of rotatable bonds is 5. The normalized spacial score (nSPS) is 27.7. The lowest BCUT2D eigenvalue weighted by molar-refractivity contribution is -0.136. The number of thioether (sulfide) groups is 1. The molecule has 3 heteroatoms. The van der Waals surface area contributed by atoms with Gasteiger partial charge in [-0.15, -0.1) is 0 Å². The first-order valence-electron chi connectivity index (χ1n) is 10.2. The van der Waals surface area contributed by atoms with Crippen LogP contribution in [0, 0.1) is 11.8 Å². The molecule has 25 heavy (non-hydrogen) atoms. The van der Waals surface area contributed by atoms with Gasteiger partial charge in [0.1, 0.15) is 0 Å². The topological polar surface area (TPSA) is 20.3 Å². The number of carbonyl (C=O) groups is 1. The third kappa shape index (κ3) is 5.26. The van der Waals surface area contributed by atoms with E-state index in [9.17, 15) is 4.79 Å². The first kappa shape index (κ1) is 18.8. The van der Waals surface area contributed by atoms with Gasteiger partial charge in [0.25, 0.3) is 0 Å². The molecule has 1 aromatic carbocycles. The zero-order chi connectivity index (χ0) is 17.5. The van der Waals surface area contributed by atoms with Crippen LogP contribution in [-0.2, 0) is 4.79 Å². The number of benzene rings is 1. The predicted molar refractivity (Wildman–Crippen MR) is 108 cm³/mol. The van der Waals surface area contributed by atoms with Crippen LogP contribution in [0.15, 0.2) is 30.3 Å². The molecule has 1 atom stereocenters. The monoisotopic (exact) mass is 359 g/mol. The molecule has 0 radical (unpaired) electrons. The molecule has 2 aliphatic rings. The highest BCUT2D eigenvalue weighted by atomic mass is 32.2. The van der Waals surface area contributed by atoms with Crippen LogP contribution in [0.25, 0.3) is 0 Å². The van der Waals surface area contributed by atoms with E-state index in [4.69, 9.17) is 0 Å². The van der Waals surface area contributed by atoms with E-state index in [-0.39, 0.29) is 0 Å². The summed E-state index contributed by atoms with van der Waals surface area (Å²) in [7, 11) is 0. The molecule has 1 saturated carbocycles. The Kier molecular flexibility index (Phi) is 7.27. The zero-order valence-corrected chi connectivity index (χ0v) is 16.5. The van der Waals surface area contributed by atoms with Gasteiger partial charge in [0.05, 0.1) is 0 Å². The maximum atomic E-state index is 13.0. The van der Waals surface area contributed by atoms with Crippen LogP contribution in [0.2, 0.25) is 0 Å². The lowest BCUT2D eigenvalue weighted by Crippen LogP contribution is -2.39. The lowest BCUT2D eigenvalue weighted by atomic mass is 9.79. The Bertz CT molecular complexity index is 524. The fourth-order valence-corrected chi connectivity index (χ4v) is 5.61. The van der Waals surface area contributed by atoms with Crippen molar-refractivity contribution >= 4 is 17.7 Å². The molecule has 1 aliphatic carbocycles. The van der Waals surface area contributed by atoms with Crippen LogP contribution < -0.4 is 0 Å². The van der Waals surface area contributed by atoms with E-state index in [2.05, 4.69) is 42.2 Å². The number of hydrogen-bond acceptors (Lipinski definition) is 2. The predicted octanol–water partition coefficient (Wildman–Crippen LogP) is 5.69. The molecular formula is C22H33NOS. The fourth-order valence-electron chi connectivity index (χ4n) is 4.37. The second kappa shape index (κ2) is 9.66. The van der Waals surface area contributed by atoms with E-state index in [0.717, 1.165) is 44.0 Å². The summed E-state index contributed by atoms with van der Waals surface area (Å²) in [5, 5.41) is 0.545. The van der Waals surface area contributed by atoms with Gasteiger partial charge in [-0.2, -0.15) is 11.8 Å². The molecule has 0 spiro atoms. The summed E-state index contributed by atoms with van der Waals surface area (Å²) in [6.45, 7) is 4.14. The van der Waals surface area contributed by atoms with Gasteiger partial charge in [0.2, 0.25) is 5.91 Å². The van der Waals surface area contributed by atoms with Crippen molar-refractivity contribution in [1.82, 2.24) is 4.90 Å². The van der Waals surface area contributed by atoms with Gasteiger partial charge in [-0.05, 0) is 43.6 Å². The second-order valence-electron chi connectivity index (χ2n) is 7.74. The molecule has 1 heterocycles. The molecule has 1 saturated heterocycles. The molecule has 1 aliphatic heterocycles. The molecule has 138 valence electrons. The van der Waals surface area contributed by atoms with E-state index in [1.165, 1.54) is 37.7 Å². The van der Waals surface area contributed by atoms with Crippen LogP contribution in [-0.4, -0.2) is 29.6 Å². The highest BCUT2D eigenvalue weighted by Crippen LogP contribution is 2.36. The van der Waals surface area contributed by atoms with E-state index in [1.54, 1.807) is 0 Å². The number of unbranched alkanes of at least 4 members (excludes halogenated alkanes) is 1. The molecule has 0 aromatic heterocycles. The zero-order valence-electron chi connectivity index (χ0n) is 15.7. The Hall–Kier alpha value is -0.960. The molecule has 2 nitrogen and oxygen atoms in total. The van der Waals surface area contributed by atoms with Crippen molar-refractivity contribution in [3.8, 4) is 0 Å². The minimum absolute atomic E-state index is 0.302. The van der Waals surface area contributed by atoms with E-state index in [1.807, 2.05) is 11.8 Å². The van der Waals surface area contributed by atoms with Gasteiger partial charge in [0, 0.05) is 30.0 Å². The molecule has 1 unspecified atom stereocenters. The van der Waals surface area contributed by atoms with E-state index in [0.29, 0.717) is 17.1 Å². The van der Waals surface area contributed by atoms with E-state index < -0.39 is 0 Å². The van der Waals surface area contributed by atoms with Gasteiger partial charge in [0.15, 0.2) is 0 Å². The molecule has 1 aromatic rings. The average molecular weight is 360 g/mol. The minimum Gasteiger partial charge on any atom is -0.342 e. The summed E-state index contributed by atoms with van der Waals surface area (Å²) in [6, 6.07) is 10.8. The van der Waals surface area contributed by atoms with E-state index >= 15 is 0 Å². The quantitative estimate of drug-likeness (QED) is 0.673. The van der Waals surface area contributed by atoms with Crippen LogP contribution in [0.1, 0.15) is 69.1 Å². The maximum absolute atomic E-state index is 13.0. The first-order valence-corrected chi connectivity index (χ1v) is 11.3. The Morgan fingerprint density at radius 1 is 1.08 bits per heavy atom. The smallest absolute Gasteiger partial charge is 0.225 e. The van der Waals surface area contributed by atoms with Crippen molar-refractivity contribution in [2.24, 2.45) is 11.8 Å². The van der Waals surface area contributed by atoms with Crippen molar-refractivity contribution in [2.45, 2.75) is 63.5 Å². The Labute approximate surface area is 157 Å². The number of amides is 1. The van der Waals surface area contributed by atoms with Crippen molar-refractivity contribution in [3.05, 3.63) is 35.9 Å². The van der Waals surface area contributed by atoms with Gasteiger partial charge in [-0.3, -0.25) is 4.79 Å². The Morgan fingerprint density at radius 3 is 2.56 bits per heavy atom. The summed E-state index contributed by atoms with van der Waals surface area (Å²) >= 11 is 2.02. The van der Waals surface area contributed by atoms with Gasteiger partial charge < -0.3 is 4.90 Å². The summed E-state index contributed by atoms with van der Waals surface area (Å²) in [5.41, 5.74) is 1.42. The van der Waals surface area contributed by atoms with Crippen LogP contribution in [0.4, 0.5) is 0 Å². The molecule has 0 bridgehead atoms. The summed E-state index contributed by atoms with van der Waals surface area (Å²) in [5.74, 6) is 2.70. The van der Waals surface area contributed by atoms with Crippen LogP contribution in [0.3, 0.4) is 0 Å². The fraction of sp³-hybridized carbons (Fsp3) is 0.682. The molecule has 1 amide bonds. The van der Waals surface area contributed by atoms with Gasteiger partial charge in [-0.25, -0.2) is 0 Å². The number of carbonyl (C=O) groups excluding carboxylic acids is 1. The van der Waals surface area contributed by atoms with Crippen molar-refractivity contribution in [1.29, 1.82) is 0 Å². The standard InChI is InChI=1S/C22H33NOS/c1-2-3-7-18-10-12-20(13-11-18)22(24)23-15-14-21(25-17-16-23)19-8-5-4-6-9-19/h4-6,8-9,18,20-21H,2-3,7,10-17H2,1H3. The van der Waals surface area contributed by atoms with Crippen molar-refractivity contribution < 1.29 is 4.79 Å². The molecule has 0 N–H and O–H groups in total. The van der Waals surface area contributed by atoms with Crippen LogP contribution >= 0.6 is 11.8 Å². The second-order valence-corrected chi connectivity index (χ2v) is 9.05. The molecular weight excluding hydrogens is 326 g/mol. The Balaban J connectivity index is 1.48. The van der Waals surface area contributed by atoms with Crippen molar-refractivity contribution in [2.75, 3.05) is 18.8 Å². The summed E-state index contributed by atoms with van der Waals surface area (Å²) in [4.78, 5) is 15.2. The molecule has 2 fully saturated rings. The number of hydrogen-bond donors (Lipinski definition) is 0. The third-order valence-corrected chi connectivity index (χ3v) is 7.31. The lowest BCUT2D eigenvalue weighted by Gasteiger charge is -2.31. The summed E-state index contributed by atoms with van der Waals surface area (Å²) in [6.07, 6.45) is 9.90. The molecule has 3 rings (SSSR count). The summed E-state index contributed by atoms with van der Waals surface area (Å²) < 4.78 is 0. The Morgan fingerprint density at radius 2 is 1.84 bits per heavy atom. The first-order chi connectivity index (χ1) is 12.3. The van der Waals surface area contributed by atoms with Gasteiger partial charge in [-0.1, -0.05) is 56.5 Å². The third-order valence-electron chi connectivity index (χ3n) is 5.99. The number of nitrogens with zero attached hydrogens (tertiary/aromatic N) is 1. The van der Waals surface area contributed by atoms with Crippen LogP contribution in [0.5, 0.6) is 0 Å². The average Bonchev–Trinajstić information content (AvgIpc) is 2.93. The SMILES string of the molecule is CCCCC1CCC(C(=O)N2CCSC(c3ccccc3)CC2)CC1. The maximum Gasteiger partial charge on any atom is 0.225 e. The minimum atomic E-state index is 0.302. The van der Waals surface area contributed by atoms with Crippen molar-refractivity contribution in [3.63, 3.8) is 0 Å². The highest BCUT2D eigenvalue weighted by molar-refractivity contribution is 7.99.